The second kappa shape index (κ2) is 6.58. The fourth-order valence-electron chi connectivity index (χ4n) is 2.65. The van der Waals surface area contributed by atoms with Gasteiger partial charge in [0.25, 0.3) is 0 Å². The zero-order valence-electron chi connectivity index (χ0n) is 11.2. The summed E-state index contributed by atoms with van der Waals surface area (Å²) in [5, 5.41) is 0. The quantitative estimate of drug-likeness (QED) is 0.756. The molecule has 0 aromatic carbocycles. The zero-order chi connectivity index (χ0) is 12.0. The Bertz CT molecular complexity index is 192. The Hall–Kier alpha value is -0.120. The Balaban J connectivity index is 2.55. The standard InChI is InChI=1S/C13H28N2O/c1-13(11-14,9-10-16-3)15(2)12-7-5-4-6-8-12/h12H,4-11,14H2,1-3H3. The first kappa shape index (κ1) is 13.9. The summed E-state index contributed by atoms with van der Waals surface area (Å²) in [7, 11) is 4.00. The maximum Gasteiger partial charge on any atom is 0.0480 e. The van der Waals surface area contributed by atoms with Crippen molar-refractivity contribution >= 4 is 0 Å². The zero-order valence-corrected chi connectivity index (χ0v) is 11.2. The van der Waals surface area contributed by atoms with Crippen molar-refractivity contribution in [1.82, 2.24) is 4.90 Å². The van der Waals surface area contributed by atoms with E-state index in [0.29, 0.717) is 6.54 Å². The lowest BCUT2D eigenvalue weighted by Crippen LogP contribution is -2.54. The number of methoxy groups -OCH3 is 1. The van der Waals surface area contributed by atoms with Crippen molar-refractivity contribution in [3.63, 3.8) is 0 Å². The normalized spacial score (nSPS) is 22.3. The molecular weight excluding hydrogens is 200 g/mol. The lowest BCUT2D eigenvalue weighted by molar-refractivity contribution is 0.0422. The van der Waals surface area contributed by atoms with Crippen molar-refractivity contribution in [3.8, 4) is 0 Å². The van der Waals surface area contributed by atoms with Gasteiger partial charge in [-0.25, -0.2) is 0 Å². The molecule has 0 aromatic rings. The number of likely N-dealkylation sites (N-methyl/N-ethyl adjacent to an activating group) is 1. The summed E-state index contributed by atoms with van der Waals surface area (Å²) in [4.78, 5) is 2.51. The average Bonchev–Trinajstić information content (AvgIpc) is 2.36. The van der Waals surface area contributed by atoms with Crippen molar-refractivity contribution in [3.05, 3.63) is 0 Å². The van der Waals surface area contributed by atoms with Gasteiger partial charge in [-0.05, 0) is 33.2 Å². The van der Waals surface area contributed by atoms with Gasteiger partial charge in [-0.15, -0.1) is 0 Å². The number of rotatable bonds is 6. The summed E-state index contributed by atoms with van der Waals surface area (Å²) >= 11 is 0. The van der Waals surface area contributed by atoms with Crippen LogP contribution in [0, 0.1) is 0 Å². The van der Waals surface area contributed by atoms with E-state index in [0.717, 1.165) is 19.1 Å². The molecule has 0 aliphatic heterocycles. The lowest BCUT2D eigenvalue weighted by Gasteiger charge is -2.44. The molecule has 1 rings (SSSR count). The van der Waals surface area contributed by atoms with E-state index in [1.807, 2.05) is 0 Å². The predicted molar refractivity (Wildman–Crippen MR) is 68.6 cm³/mol. The summed E-state index contributed by atoms with van der Waals surface area (Å²) in [6, 6.07) is 0.721. The number of nitrogens with two attached hydrogens (primary N) is 1. The first-order chi connectivity index (χ1) is 7.64. The number of nitrogens with zero attached hydrogens (tertiary/aromatic N) is 1. The van der Waals surface area contributed by atoms with Crippen LogP contribution in [-0.2, 0) is 4.74 Å². The van der Waals surface area contributed by atoms with E-state index in [1.54, 1.807) is 7.11 Å². The van der Waals surface area contributed by atoms with Gasteiger partial charge in [-0.1, -0.05) is 19.3 Å². The molecule has 96 valence electrons. The van der Waals surface area contributed by atoms with E-state index in [9.17, 15) is 0 Å². The largest absolute Gasteiger partial charge is 0.385 e. The summed E-state index contributed by atoms with van der Waals surface area (Å²) in [6.45, 7) is 3.77. The van der Waals surface area contributed by atoms with Gasteiger partial charge in [0.1, 0.15) is 0 Å². The minimum atomic E-state index is 0.0953. The van der Waals surface area contributed by atoms with Crippen LogP contribution in [0.3, 0.4) is 0 Å². The van der Waals surface area contributed by atoms with Crippen molar-refractivity contribution in [2.45, 2.75) is 57.0 Å². The smallest absolute Gasteiger partial charge is 0.0480 e. The molecule has 1 aliphatic carbocycles. The topological polar surface area (TPSA) is 38.5 Å². The molecule has 0 aromatic heterocycles. The van der Waals surface area contributed by atoms with Crippen LogP contribution in [-0.4, -0.2) is 43.8 Å². The monoisotopic (exact) mass is 228 g/mol. The fraction of sp³-hybridized carbons (Fsp3) is 1.00. The maximum atomic E-state index is 5.96. The molecule has 1 fully saturated rings. The Morgan fingerprint density at radius 3 is 2.44 bits per heavy atom. The van der Waals surface area contributed by atoms with Crippen molar-refractivity contribution in [2.75, 3.05) is 27.3 Å². The van der Waals surface area contributed by atoms with Gasteiger partial charge in [0.15, 0.2) is 0 Å². The highest BCUT2D eigenvalue weighted by molar-refractivity contribution is 4.90. The molecule has 2 N–H and O–H groups in total. The first-order valence-electron chi connectivity index (χ1n) is 6.56. The van der Waals surface area contributed by atoms with Gasteiger partial charge in [0.2, 0.25) is 0 Å². The molecule has 0 saturated heterocycles. The second-order valence-corrected chi connectivity index (χ2v) is 5.35. The summed E-state index contributed by atoms with van der Waals surface area (Å²) in [6.07, 6.45) is 7.84. The van der Waals surface area contributed by atoms with Gasteiger partial charge in [-0.2, -0.15) is 0 Å². The molecule has 1 atom stereocenters. The average molecular weight is 228 g/mol. The predicted octanol–water partition coefficient (Wildman–Crippen LogP) is 2.00. The Kier molecular flexibility index (Phi) is 5.73. The third-order valence-electron chi connectivity index (χ3n) is 4.26. The van der Waals surface area contributed by atoms with Crippen LogP contribution < -0.4 is 5.73 Å². The van der Waals surface area contributed by atoms with Crippen LogP contribution in [0.1, 0.15) is 45.4 Å². The van der Waals surface area contributed by atoms with Gasteiger partial charge in [-0.3, -0.25) is 4.90 Å². The number of hydrogen-bond acceptors (Lipinski definition) is 3. The molecule has 3 heteroatoms. The molecule has 0 radical (unpaired) electrons. The van der Waals surface area contributed by atoms with Crippen molar-refractivity contribution in [2.24, 2.45) is 5.73 Å². The van der Waals surface area contributed by atoms with Crippen molar-refractivity contribution in [1.29, 1.82) is 0 Å². The van der Waals surface area contributed by atoms with Gasteiger partial charge >= 0.3 is 0 Å². The summed E-state index contributed by atoms with van der Waals surface area (Å²) < 4.78 is 5.19. The number of ether oxygens (including phenoxy) is 1. The molecule has 16 heavy (non-hydrogen) atoms. The highest BCUT2D eigenvalue weighted by Gasteiger charge is 2.32. The molecule has 0 spiro atoms. The molecule has 1 unspecified atom stereocenters. The Morgan fingerprint density at radius 2 is 1.94 bits per heavy atom. The minimum Gasteiger partial charge on any atom is -0.385 e. The van der Waals surface area contributed by atoms with Crippen LogP contribution in [0.15, 0.2) is 0 Å². The third-order valence-corrected chi connectivity index (χ3v) is 4.26. The van der Waals surface area contributed by atoms with Crippen LogP contribution >= 0.6 is 0 Å². The van der Waals surface area contributed by atoms with E-state index in [4.69, 9.17) is 10.5 Å². The van der Waals surface area contributed by atoms with E-state index in [1.165, 1.54) is 32.1 Å². The van der Waals surface area contributed by atoms with Crippen LogP contribution in [0.4, 0.5) is 0 Å². The molecule has 1 saturated carbocycles. The van der Waals surface area contributed by atoms with Gasteiger partial charge < -0.3 is 10.5 Å². The van der Waals surface area contributed by atoms with Crippen molar-refractivity contribution < 1.29 is 4.74 Å². The molecule has 0 bridgehead atoms. The van der Waals surface area contributed by atoms with Gasteiger partial charge in [0, 0.05) is 31.8 Å². The van der Waals surface area contributed by atoms with E-state index in [2.05, 4.69) is 18.9 Å². The molecule has 1 aliphatic rings. The summed E-state index contributed by atoms with van der Waals surface area (Å²) in [5.74, 6) is 0. The first-order valence-corrected chi connectivity index (χ1v) is 6.56. The maximum absolute atomic E-state index is 5.96. The second-order valence-electron chi connectivity index (χ2n) is 5.35. The van der Waals surface area contributed by atoms with E-state index < -0.39 is 0 Å². The van der Waals surface area contributed by atoms with Crippen LogP contribution in [0.2, 0.25) is 0 Å². The van der Waals surface area contributed by atoms with E-state index in [-0.39, 0.29) is 5.54 Å². The molecule has 0 heterocycles. The minimum absolute atomic E-state index is 0.0953. The highest BCUT2D eigenvalue weighted by atomic mass is 16.5. The fourth-order valence-corrected chi connectivity index (χ4v) is 2.65. The lowest BCUT2D eigenvalue weighted by atomic mass is 9.88. The van der Waals surface area contributed by atoms with Gasteiger partial charge in [0.05, 0.1) is 0 Å². The number of hydrogen-bond donors (Lipinski definition) is 1. The third kappa shape index (κ3) is 3.44. The Morgan fingerprint density at radius 1 is 1.31 bits per heavy atom. The molecule has 0 amide bonds. The molecule has 3 nitrogen and oxygen atoms in total. The highest BCUT2D eigenvalue weighted by Crippen LogP contribution is 2.28. The summed E-state index contributed by atoms with van der Waals surface area (Å²) in [5.41, 5.74) is 6.05. The molecular formula is C13H28N2O. The Labute approximate surface area is 100 Å². The van der Waals surface area contributed by atoms with Crippen LogP contribution in [0.5, 0.6) is 0 Å². The van der Waals surface area contributed by atoms with Crippen LogP contribution in [0.25, 0.3) is 0 Å². The van der Waals surface area contributed by atoms with E-state index >= 15 is 0 Å². The SMILES string of the molecule is COCCC(C)(CN)N(C)C1CCCCC1.